The molecule has 0 fully saturated rings. The minimum absolute atomic E-state index is 0.635. The smallest absolute Gasteiger partial charge is 0.119 e. The first kappa shape index (κ1) is 16.1. The van der Waals surface area contributed by atoms with Gasteiger partial charge in [0.05, 0.1) is 13.2 Å². The van der Waals surface area contributed by atoms with E-state index < -0.39 is 0 Å². The molecule has 0 bridgehead atoms. The second-order valence-corrected chi connectivity index (χ2v) is 5.50. The molecule has 0 saturated heterocycles. The first-order valence-corrected chi connectivity index (χ1v) is 8.23. The van der Waals surface area contributed by atoms with Crippen molar-refractivity contribution in [3.63, 3.8) is 0 Å². The van der Waals surface area contributed by atoms with Crippen molar-refractivity contribution in [2.45, 2.75) is 6.42 Å². The fraction of sp³-hybridized carbons (Fsp3) is 0.294. The van der Waals surface area contributed by atoms with Crippen molar-refractivity contribution in [1.82, 2.24) is 0 Å². The lowest BCUT2D eigenvalue weighted by atomic mass is 10.0. The molecule has 2 nitrogen and oxygen atoms in total. The Hall–Kier alpha value is -1.26. The summed E-state index contributed by atoms with van der Waals surface area (Å²) in [5, 5.41) is 0. The Labute approximate surface area is 137 Å². The molecule has 0 saturated carbocycles. The van der Waals surface area contributed by atoms with E-state index >= 15 is 0 Å². The quantitative estimate of drug-likeness (QED) is 0.719. The van der Waals surface area contributed by atoms with E-state index in [-0.39, 0.29) is 0 Å². The van der Waals surface area contributed by atoms with Gasteiger partial charge in [0.25, 0.3) is 0 Å². The van der Waals surface area contributed by atoms with Gasteiger partial charge in [0.2, 0.25) is 0 Å². The van der Waals surface area contributed by atoms with Crippen LogP contribution in [0, 0.1) is 0 Å². The van der Waals surface area contributed by atoms with E-state index in [9.17, 15) is 0 Å². The van der Waals surface area contributed by atoms with E-state index in [2.05, 4.69) is 49.5 Å². The van der Waals surface area contributed by atoms with Gasteiger partial charge in [0.1, 0.15) is 11.5 Å². The molecule has 4 heteroatoms. The van der Waals surface area contributed by atoms with Crippen LogP contribution in [-0.2, 0) is 6.42 Å². The predicted molar refractivity (Wildman–Crippen MR) is 94.4 cm³/mol. The van der Waals surface area contributed by atoms with Crippen LogP contribution in [0.5, 0.6) is 11.5 Å². The summed E-state index contributed by atoms with van der Waals surface area (Å²) in [6, 6.07) is 16.4. The van der Waals surface area contributed by atoms with Crippen molar-refractivity contribution >= 4 is 25.3 Å². The normalized spacial score (nSPS) is 10.4. The molecule has 0 heterocycles. The predicted octanol–water partition coefficient (Wildman–Crippen LogP) is 3.89. The number of rotatable bonds is 8. The topological polar surface area (TPSA) is 18.5 Å². The van der Waals surface area contributed by atoms with Gasteiger partial charge in [-0.3, -0.25) is 0 Å². The SMILES string of the molecule is SCCOc1ccc(Cc2ccc(OCCS)cc2)cc1. The maximum absolute atomic E-state index is 5.51. The highest BCUT2D eigenvalue weighted by molar-refractivity contribution is 7.80. The molecular formula is C17H20O2S2. The van der Waals surface area contributed by atoms with E-state index in [1.165, 1.54) is 11.1 Å². The van der Waals surface area contributed by atoms with Crippen molar-refractivity contribution < 1.29 is 9.47 Å². The van der Waals surface area contributed by atoms with Gasteiger partial charge < -0.3 is 9.47 Å². The Morgan fingerprint density at radius 1 is 0.619 bits per heavy atom. The summed E-state index contributed by atoms with van der Waals surface area (Å²) in [4.78, 5) is 0. The van der Waals surface area contributed by atoms with Crippen LogP contribution >= 0.6 is 25.3 Å². The number of ether oxygens (including phenoxy) is 2. The minimum atomic E-state index is 0.635. The minimum Gasteiger partial charge on any atom is -0.493 e. The van der Waals surface area contributed by atoms with Gasteiger partial charge in [0.15, 0.2) is 0 Å². The van der Waals surface area contributed by atoms with E-state index in [0.29, 0.717) is 13.2 Å². The van der Waals surface area contributed by atoms with Crippen molar-refractivity contribution in [3.05, 3.63) is 59.7 Å². The third-order valence-electron chi connectivity index (χ3n) is 2.97. The summed E-state index contributed by atoms with van der Waals surface area (Å²) in [5.41, 5.74) is 2.52. The summed E-state index contributed by atoms with van der Waals surface area (Å²) < 4.78 is 11.0. The van der Waals surface area contributed by atoms with Crippen molar-refractivity contribution in [2.75, 3.05) is 24.7 Å². The summed E-state index contributed by atoms with van der Waals surface area (Å²) in [5.74, 6) is 3.24. The zero-order valence-electron chi connectivity index (χ0n) is 11.9. The van der Waals surface area contributed by atoms with E-state index in [4.69, 9.17) is 9.47 Å². The van der Waals surface area contributed by atoms with Gasteiger partial charge >= 0.3 is 0 Å². The second kappa shape index (κ2) is 8.90. The number of benzene rings is 2. The molecule has 0 aromatic heterocycles. The first-order chi connectivity index (χ1) is 10.3. The fourth-order valence-electron chi connectivity index (χ4n) is 1.97. The molecule has 0 radical (unpaired) electrons. The number of hydrogen-bond acceptors (Lipinski definition) is 4. The van der Waals surface area contributed by atoms with Gasteiger partial charge in [-0.25, -0.2) is 0 Å². The fourth-order valence-corrected chi connectivity index (χ4v) is 2.15. The standard InChI is InChI=1S/C17H20O2S2/c20-11-9-18-16-5-1-14(2-6-16)13-15-3-7-17(8-4-15)19-10-12-21/h1-8,20-21H,9-13H2. The molecule has 2 rings (SSSR count). The van der Waals surface area contributed by atoms with Crippen LogP contribution in [0.4, 0.5) is 0 Å². The third-order valence-corrected chi connectivity index (χ3v) is 3.34. The molecule has 21 heavy (non-hydrogen) atoms. The summed E-state index contributed by atoms with van der Waals surface area (Å²) in [6.07, 6.45) is 0.902. The average molecular weight is 320 g/mol. The summed E-state index contributed by atoms with van der Waals surface area (Å²) >= 11 is 8.25. The highest BCUT2D eigenvalue weighted by Gasteiger charge is 1.99. The Morgan fingerprint density at radius 2 is 1.00 bits per heavy atom. The van der Waals surface area contributed by atoms with Gasteiger partial charge in [-0.15, -0.1) is 0 Å². The third kappa shape index (κ3) is 5.56. The van der Waals surface area contributed by atoms with E-state index in [0.717, 1.165) is 29.4 Å². The molecule has 0 aliphatic carbocycles. The Kier molecular flexibility index (Phi) is 6.83. The molecule has 0 unspecified atom stereocenters. The number of hydrogen-bond donors (Lipinski definition) is 2. The van der Waals surface area contributed by atoms with Crippen LogP contribution in [0.3, 0.4) is 0 Å². The van der Waals surface area contributed by atoms with E-state index in [1.54, 1.807) is 0 Å². The lowest BCUT2D eigenvalue weighted by Crippen LogP contribution is -1.98. The van der Waals surface area contributed by atoms with Gasteiger partial charge in [0, 0.05) is 11.5 Å². The molecule has 0 spiro atoms. The Balaban J connectivity index is 1.91. The monoisotopic (exact) mass is 320 g/mol. The van der Waals surface area contributed by atoms with Gasteiger partial charge in [-0.1, -0.05) is 24.3 Å². The van der Waals surface area contributed by atoms with Crippen molar-refractivity contribution in [2.24, 2.45) is 0 Å². The lowest BCUT2D eigenvalue weighted by molar-refractivity contribution is 0.344. The lowest BCUT2D eigenvalue weighted by Gasteiger charge is -2.07. The number of thiol groups is 2. The highest BCUT2D eigenvalue weighted by Crippen LogP contribution is 2.18. The average Bonchev–Trinajstić information content (AvgIpc) is 2.53. The molecule has 112 valence electrons. The highest BCUT2D eigenvalue weighted by atomic mass is 32.1. The molecule has 0 amide bonds. The molecule has 0 atom stereocenters. The van der Waals surface area contributed by atoms with Gasteiger partial charge in [-0.05, 0) is 41.8 Å². The Bertz CT molecular complexity index is 474. The Morgan fingerprint density at radius 3 is 1.33 bits per heavy atom. The molecule has 0 aliphatic heterocycles. The van der Waals surface area contributed by atoms with Crippen LogP contribution in [-0.4, -0.2) is 24.7 Å². The molecule has 0 aliphatic rings. The molecule has 0 N–H and O–H groups in total. The summed E-state index contributed by atoms with van der Waals surface area (Å²) in [6.45, 7) is 1.27. The van der Waals surface area contributed by atoms with Crippen LogP contribution in [0.2, 0.25) is 0 Å². The first-order valence-electron chi connectivity index (χ1n) is 6.97. The maximum Gasteiger partial charge on any atom is 0.119 e. The zero-order valence-corrected chi connectivity index (χ0v) is 13.7. The van der Waals surface area contributed by atoms with E-state index in [1.807, 2.05) is 24.3 Å². The molecular weight excluding hydrogens is 300 g/mol. The van der Waals surface area contributed by atoms with Gasteiger partial charge in [-0.2, -0.15) is 25.3 Å². The maximum atomic E-state index is 5.51. The van der Waals surface area contributed by atoms with Crippen LogP contribution in [0.1, 0.15) is 11.1 Å². The zero-order chi connectivity index (χ0) is 14.9. The van der Waals surface area contributed by atoms with Crippen LogP contribution < -0.4 is 9.47 Å². The second-order valence-electron chi connectivity index (χ2n) is 4.61. The summed E-state index contributed by atoms with van der Waals surface area (Å²) in [7, 11) is 0. The van der Waals surface area contributed by atoms with Crippen LogP contribution in [0.25, 0.3) is 0 Å². The van der Waals surface area contributed by atoms with Crippen LogP contribution in [0.15, 0.2) is 48.5 Å². The molecule has 2 aromatic rings. The largest absolute Gasteiger partial charge is 0.493 e. The molecule has 2 aromatic carbocycles. The van der Waals surface area contributed by atoms with Crippen molar-refractivity contribution in [3.8, 4) is 11.5 Å². The van der Waals surface area contributed by atoms with Crippen molar-refractivity contribution in [1.29, 1.82) is 0 Å².